The molecule has 1 unspecified atom stereocenters. The molecule has 0 amide bonds. The monoisotopic (exact) mass is 298 g/mol. The highest BCUT2D eigenvalue weighted by Crippen LogP contribution is 2.27. The van der Waals surface area contributed by atoms with E-state index in [4.69, 9.17) is 0 Å². The van der Waals surface area contributed by atoms with E-state index in [1.165, 1.54) is 19.3 Å². The van der Waals surface area contributed by atoms with Crippen LogP contribution < -0.4 is 4.90 Å². The van der Waals surface area contributed by atoms with Crippen LogP contribution in [0.25, 0.3) is 0 Å². The van der Waals surface area contributed by atoms with Crippen LogP contribution >= 0.6 is 15.9 Å². The summed E-state index contributed by atoms with van der Waals surface area (Å²) in [7, 11) is 0. The van der Waals surface area contributed by atoms with Crippen LogP contribution in [0, 0.1) is 5.92 Å². The second-order valence-corrected chi connectivity index (χ2v) is 5.57. The highest BCUT2D eigenvalue weighted by molar-refractivity contribution is 9.10. The molecule has 0 aromatic carbocycles. The summed E-state index contributed by atoms with van der Waals surface area (Å²) < 4.78 is 0.925. The number of aliphatic hydroxyl groups is 1. The van der Waals surface area contributed by atoms with Crippen molar-refractivity contribution < 1.29 is 5.11 Å². The highest BCUT2D eigenvalue weighted by Gasteiger charge is 2.21. The number of hydrogen-bond donors (Lipinski definition) is 1. The van der Waals surface area contributed by atoms with E-state index < -0.39 is 0 Å². The second kappa shape index (κ2) is 5.83. The Morgan fingerprint density at radius 3 is 3.12 bits per heavy atom. The molecule has 0 bridgehead atoms. The maximum absolute atomic E-state index is 9.41. The predicted octanol–water partition coefficient (Wildman–Crippen LogP) is 2.96. The molecule has 0 saturated carbocycles. The van der Waals surface area contributed by atoms with Crippen molar-refractivity contribution >= 4 is 21.7 Å². The van der Waals surface area contributed by atoms with Gasteiger partial charge in [0.25, 0.3) is 0 Å². The first-order chi connectivity index (χ1) is 8.24. The molecule has 1 aliphatic rings. The van der Waals surface area contributed by atoms with E-state index in [0.29, 0.717) is 0 Å². The van der Waals surface area contributed by atoms with Crippen molar-refractivity contribution in [3.63, 3.8) is 0 Å². The first-order valence-corrected chi connectivity index (χ1v) is 7.04. The number of rotatable bonds is 3. The Bertz CT molecular complexity index is 384. The summed E-state index contributed by atoms with van der Waals surface area (Å²) in [5.74, 6) is 1.72. The third-order valence-corrected chi connectivity index (χ3v) is 3.91. The molecule has 1 aromatic heterocycles. The molecule has 94 valence electrons. The lowest BCUT2D eigenvalue weighted by Crippen LogP contribution is -2.36. The van der Waals surface area contributed by atoms with Gasteiger partial charge in [0.2, 0.25) is 0 Å². The van der Waals surface area contributed by atoms with Crippen LogP contribution in [0.5, 0.6) is 0 Å². The molecule has 1 atom stereocenters. The van der Waals surface area contributed by atoms with Crippen LogP contribution in [0.1, 0.15) is 31.7 Å². The highest BCUT2D eigenvalue weighted by atomic mass is 79.9. The van der Waals surface area contributed by atoms with Gasteiger partial charge in [-0.05, 0) is 40.8 Å². The predicted molar refractivity (Wildman–Crippen MR) is 73.1 cm³/mol. The molecule has 0 aliphatic carbocycles. The fraction of sp³-hybridized carbons (Fsp3) is 0.615. The summed E-state index contributed by atoms with van der Waals surface area (Å²) in [6.45, 7) is 4.42. The van der Waals surface area contributed by atoms with Crippen molar-refractivity contribution in [1.82, 2.24) is 4.98 Å². The van der Waals surface area contributed by atoms with Gasteiger partial charge >= 0.3 is 0 Å². The quantitative estimate of drug-likeness (QED) is 0.932. The third-order valence-electron chi connectivity index (χ3n) is 3.48. The van der Waals surface area contributed by atoms with Crippen molar-refractivity contribution in [1.29, 1.82) is 0 Å². The summed E-state index contributed by atoms with van der Waals surface area (Å²) in [5.41, 5.74) is 0.913. The molecular weight excluding hydrogens is 280 g/mol. The number of hydrogen-bond acceptors (Lipinski definition) is 3. The minimum absolute atomic E-state index is 0.0507. The average molecular weight is 299 g/mol. The van der Waals surface area contributed by atoms with Gasteiger partial charge in [0.15, 0.2) is 0 Å². The van der Waals surface area contributed by atoms with Crippen LogP contribution in [0.2, 0.25) is 0 Å². The number of pyridine rings is 1. The van der Waals surface area contributed by atoms with E-state index >= 15 is 0 Å². The minimum Gasteiger partial charge on any atom is -0.392 e. The third kappa shape index (κ3) is 2.99. The van der Waals surface area contributed by atoms with Crippen molar-refractivity contribution in [2.45, 2.75) is 32.8 Å². The fourth-order valence-corrected chi connectivity index (χ4v) is 2.84. The molecule has 0 radical (unpaired) electrons. The Labute approximate surface area is 111 Å². The number of halogens is 1. The van der Waals surface area contributed by atoms with Crippen LogP contribution in [0.4, 0.5) is 5.82 Å². The Morgan fingerprint density at radius 1 is 1.59 bits per heavy atom. The Kier molecular flexibility index (Phi) is 4.40. The second-order valence-electron chi connectivity index (χ2n) is 4.66. The van der Waals surface area contributed by atoms with Crippen molar-refractivity contribution in [2.24, 2.45) is 5.92 Å². The number of anilines is 1. The van der Waals surface area contributed by atoms with Gasteiger partial charge in [-0.15, -0.1) is 0 Å². The Balaban J connectivity index is 2.20. The number of piperidine rings is 1. The molecular formula is C13H19BrN2O. The van der Waals surface area contributed by atoms with E-state index in [2.05, 4.69) is 32.7 Å². The van der Waals surface area contributed by atoms with Gasteiger partial charge in [0.05, 0.1) is 6.61 Å². The van der Waals surface area contributed by atoms with Crippen LogP contribution in [-0.2, 0) is 6.61 Å². The lowest BCUT2D eigenvalue weighted by molar-refractivity contribution is 0.281. The Morgan fingerprint density at radius 2 is 2.41 bits per heavy atom. The smallest absolute Gasteiger partial charge is 0.134 e. The average Bonchev–Trinajstić information content (AvgIpc) is 2.38. The molecule has 4 heteroatoms. The van der Waals surface area contributed by atoms with E-state index in [1.807, 2.05) is 12.3 Å². The Hall–Kier alpha value is -0.610. The number of nitrogens with zero attached hydrogens (tertiary/aromatic N) is 2. The topological polar surface area (TPSA) is 36.4 Å². The van der Waals surface area contributed by atoms with Crippen molar-refractivity contribution in [3.05, 3.63) is 22.3 Å². The molecule has 3 nitrogen and oxygen atoms in total. The summed E-state index contributed by atoms with van der Waals surface area (Å²) in [6.07, 6.45) is 5.57. The molecule has 1 aliphatic heterocycles. The zero-order valence-corrected chi connectivity index (χ0v) is 11.8. The molecule has 1 N–H and O–H groups in total. The van der Waals surface area contributed by atoms with Crippen LogP contribution in [0.3, 0.4) is 0 Å². The molecule has 1 aromatic rings. The molecule has 1 saturated heterocycles. The van der Waals surface area contributed by atoms with Gasteiger partial charge < -0.3 is 10.0 Å². The van der Waals surface area contributed by atoms with Gasteiger partial charge in [-0.25, -0.2) is 4.98 Å². The van der Waals surface area contributed by atoms with Gasteiger partial charge in [-0.2, -0.15) is 0 Å². The SMILES string of the molecule is CCC1CCCN(c2ncc(Br)cc2CO)C1. The molecule has 2 rings (SSSR count). The molecule has 2 heterocycles. The molecule has 0 spiro atoms. The van der Waals surface area contributed by atoms with E-state index in [0.717, 1.165) is 34.9 Å². The van der Waals surface area contributed by atoms with Gasteiger partial charge in [0.1, 0.15) is 5.82 Å². The standard InChI is InChI=1S/C13H19BrN2O/c1-2-10-4-3-5-16(8-10)13-11(9-17)6-12(14)7-15-13/h6-7,10,17H,2-5,8-9H2,1H3. The van der Waals surface area contributed by atoms with Crippen LogP contribution in [0.15, 0.2) is 16.7 Å². The fourth-order valence-electron chi connectivity index (χ4n) is 2.47. The maximum Gasteiger partial charge on any atom is 0.134 e. The van der Waals surface area contributed by atoms with Gasteiger partial charge in [-0.3, -0.25) is 0 Å². The van der Waals surface area contributed by atoms with Crippen molar-refractivity contribution in [3.8, 4) is 0 Å². The summed E-state index contributed by atoms with van der Waals surface area (Å²) in [4.78, 5) is 6.78. The molecule has 17 heavy (non-hydrogen) atoms. The number of aliphatic hydroxyl groups excluding tert-OH is 1. The van der Waals surface area contributed by atoms with Crippen molar-refractivity contribution in [2.75, 3.05) is 18.0 Å². The lowest BCUT2D eigenvalue weighted by Gasteiger charge is -2.34. The van der Waals surface area contributed by atoms with E-state index in [-0.39, 0.29) is 6.61 Å². The van der Waals surface area contributed by atoms with Crippen LogP contribution in [-0.4, -0.2) is 23.2 Å². The van der Waals surface area contributed by atoms with Gasteiger partial charge in [0, 0.05) is 29.3 Å². The maximum atomic E-state index is 9.41. The van der Waals surface area contributed by atoms with E-state index in [9.17, 15) is 5.11 Å². The summed E-state index contributed by atoms with van der Waals surface area (Å²) >= 11 is 3.39. The van der Waals surface area contributed by atoms with Gasteiger partial charge in [-0.1, -0.05) is 13.3 Å². The first kappa shape index (κ1) is 12.8. The summed E-state index contributed by atoms with van der Waals surface area (Å²) in [6, 6.07) is 1.96. The van der Waals surface area contributed by atoms with E-state index in [1.54, 1.807) is 0 Å². The normalized spacial score (nSPS) is 20.6. The minimum atomic E-state index is 0.0507. The number of aromatic nitrogens is 1. The zero-order valence-electron chi connectivity index (χ0n) is 10.2. The summed E-state index contributed by atoms with van der Waals surface area (Å²) in [5, 5.41) is 9.41. The largest absolute Gasteiger partial charge is 0.392 e. The molecule has 1 fully saturated rings. The lowest BCUT2D eigenvalue weighted by atomic mass is 9.95. The first-order valence-electron chi connectivity index (χ1n) is 6.24. The zero-order chi connectivity index (χ0) is 12.3.